The summed E-state index contributed by atoms with van der Waals surface area (Å²) in [6.45, 7) is 9.62. The molecule has 1 aromatic rings. The smallest absolute Gasteiger partial charge is 1.00 e. The molecule has 0 bridgehead atoms. The Morgan fingerprint density at radius 2 is 1.67 bits per heavy atom. The summed E-state index contributed by atoms with van der Waals surface area (Å²) in [7, 11) is -1.58. The molecule has 1 atom stereocenters. The molecule has 24 heavy (non-hydrogen) atoms. The normalized spacial score (nSPS) is 15.9. The molecule has 0 heterocycles. The van der Waals surface area contributed by atoms with Gasteiger partial charge in [0.15, 0.2) is 0 Å². The molecule has 1 aliphatic carbocycles. The van der Waals surface area contributed by atoms with E-state index in [-0.39, 0.29) is 37.2 Å². The van der Waals surface area contributed by atoms with Gasteiger partial charge in [-0.15, -0.1) is 0 Å². The van der Waals surface area contributed by atoms with Crippen molar-refractivity contribution in [1.82, 2.24) is 0 Å². The topological polar surface area (TPSA) is 0 Å². The fraction of sp³-hybridized carbons (Fsp3) is 0.474. The van der Waals surface area contributed by atoms with Gasteiger partial charge in [-0.2, -0.15) is 0 Å². The first-order valence-electron chi connectivity index (χ1n) is 8.22. The number of rotatable bonds is 6. The average Bonchev–Trinajstić information content (AvgIpc) is 2.88. The first kappa shape index (κ1) is 26.7. The van der Waals surface area contributed by atoms with Crippen molar-refractivity contribution >= 4 is 13.3 Å². The zero-order chi connectivity index (χ0) is 15.5. The molecule has 5 heteroatoms. The molecule has 0 nitrogen and oxygen atoms in total. The van der Waals surface area contributed by atoms with Crippen LogP contribution in [0.3, 0.4) is 0 Å². The summed E-state index contributed by atoms with van der Waals surface area (Å²) in [6, 6.07) is 12.7. The zero-order valence-electron chi connectivity index (χ0n) is 15.0. The van der Waals surface area contributed by atoms with Gasteiger partial charge in [0, 0.05) is 0 Å². The Kier molecular flexibility index (Phi) is 13.4. The Bertz CT molecular complexity index is 555. The van der Waals surface area contributed by atoms with E-state index in [1.165, 1.54) is 25.3 Å². The minimum absolute atomic E-state index is 0. The van der Waals surface area contributed by atoms with Crippen molar-refractivity contribution in [1.29, 1.82) is 0 Å². The van der Waals surface area contributed by atoms with Crippen molar-refractivity contribution in [2.75, 3.05) is 0 Å². The Morgan fingerprint density at radius 1 is 1.08 bits per heavy atom. The molecule has 132 valence electrons. The second-order valence-electron chi connectivity index (χ2n) is 6.67. The molecule has 2 rings (SSSR count). The van der Waals surface area contributed by atoms with Crippen LogP contribution in [-0.4, -0.2) is 8.07 Å². The fourth-order valence-electron chi connectivity index (χ4n) is 3.54. The maximum atomic E-state index is 2.59. The van der Waals surface area contributed by atoms with E-state index >= 15 is 0 Å². The minimum atomic E-state index is -1.58. The third-order valence-corrected chi connectivity index (χ3v) is 10.1. The molecule has 0 aromatic heterocycles. The molecule has 0 aliphatic heterocycles. The first-order valence-corrected chi connectivity index (χ1v) is 11.7. The Hall–Kier alpha value is 0.501. The van der Waals surface area contributed by atoms with E-state index in [0.29, 0.717) is 5.92 Å². The van der Waals surface area contributed by atoms with Crippen LogP contribution in [0.1, 0.15) is 40.0 Å². The van der Waals surface area contributed by atoms with E-state index in [4.69, 9.17) is 0 Å². The van der Waals surface area contributed by atoms with Crippen molar-refractivity contribution in [3.05, 3.63) is 51.1 Å². The second-order valence-corrected chi connectivity index (χ2v) is 11.9. The van der Waals surface area contributed by atoms with Crippen LogP contribution in [0.25, 0.3) is 0 Å². The summed E-state index contributed by atoms with van der Waals surface area (Å²) in [6.07, 6.45) is 6.37. The number of hydrogen-bond acceptors (Lipinski definition) is 0. The van der Waals surface area contributed by atoms with Gasteiger partial charge in [0.1, 0.15) is 0 Å². The van der Waals surface area contributed by atoms with Crippen molar-refractivity contribution in [2.24, 2.45) is 5.92 Å². The number of hydrogen-bond donors (Lipinski definition) is 0. The second kappa shape index (κ2) is 12.0. The van der Waals surface area contributed by atoms with Crippen LogP contribution < -0.4 is 42.4 Å². The predicted octanol–water partition coefficient (Wildman–Crippen LogP) is -3.89. The molecule has 0 amide bonds. The van der Waals surface area contributed by atoms with E-state index in [2.05, 4.69) is 84.2 Å². The van der Waals surface area contributed by atoms with Crippen LogP contribution in [0.4, 0.5) is 0 Å². The molecule has 0 radical (unpaired) electrons. The van der Waals surface area contributed by atoms with Gasteiger partial charge in [-0.25, -0.2) is 0 Å². The van der Waals surface area contributed by atoms with Gasteiger partial charge < -0.3 is 37.2 Å². The summed E-state index contributed by atoms with van der Waals surface area (Å²) in [4.78, 5) is 0. The summed E-state index contributed by atoms with van der Waals surface area (Å²) >= 11 is 2.33. The maximum absolute atomic E-state index is 2.59. The third kappa shape index (κ3) is 5.76. The number of unbranched alkanes of at least 4 members (excludes halogenated alkanes) is 1. The largest absolute Gasteiger partial charge is 1.00 e. The molecule has 0 saturated carbocycles. The zero-order valence-corrected chi connectivity index (χ0v) is 19.8. The average molecular weight is 438 g/mol. The number of allylic oxidation sites excluding steroid dienone is 4. The van der Waals surface area contributed by atoms with E-state index in [1.54, 1.807) is 19.8 Å². The van der Waals surface area contributed by atoms with E-state index in [0.717, 1.165) is 0 Å². The molecule has 1 unspecified atom stereocenters. The van der Waals surface area contributed by atoms with E-state index < -0.39 is 8.07 Å². The summed E-state index contributed by atoms with van der Waals surface area (Å²) in [5.41, 5.74) is 1.67. The number of benzene rings is 1. The van der Waals surface area contributed by atoms with Crippen molar-refractivity contribution in [2.45, 2.75) is 52.6 Å². The van der Waals surface area contributed by atoms with Crippen molar-refractivity contribution in [3.8, 4) is 0 Å². The molecule has 0 fully saturated rings. The summed E-state index contributed by atoms with van der Waals surface area (Å²) < 4.78 is 1.60. The number of halogens is 3. The predicted molar refractivity (Wildman–Crippen MR) is 92.0 cm³/mol. The van der Waals surface area contributed by atoms with Crippen LogP contribution in [0, 0.1) is 5.92 Å². The van der Waals surface area contributed by atoms with Crippen LogP contribution >= 0.6 is 0 Å². The molecule has 0 spiro atoms. The van der Waals surface area contributed by atoms with Crippen LogP contribution in [0.15, 0.2) is 51.1 Å². The van der Waals surface area contributed by atoms with Gasteiger partial charge in [-0.3, -0.25) is 0 Å². The molecule has 1 aliphatic rings. The van der Waals surface area contributed by atoms with Gasteiger partial charge in [0.05, 0.1) is 0 Å². The minimum Gasteiger partial charge on any atom is -1.00 e. The molecular formula is C19H27Cl3SiTi. The van der Waals surface area contributed by atoms with E-state index in [1.807, 2.05) is 0 Å². The van der Waals surface area contributed by atoms with E-state index in [9.17, 15) is 0 Å². The molecular weight excluding hydrogens is 411 g/mol. The molecule has 0 N–H and O–H groups in total. The van der Waals surface area contributed by atoms with Gasteiger partial charge >= 0.3 is 143 Å². The van der Waals surface area contributed by atoms with Crippen molar-refractivity contribution in [3.63, 3.8) is 0 Å². The van der Waals surface area contributed by atoms with Crippen LogP contribution in [0.2, 0.25) is 12.6 Å². The van der Waals surface area contributed by atoms with Gasteiger partial charge in [0.2, 0.25) is 0 Å². The Labute approximate surface area is 179 Å². The van der Waals surface area contributed by atoms with Gasteiger partial charge in [-0.05, 0) is 0 Å². The standard InChI is InChI=1S/C19H27Si.3ClH.Ti/c1-5-6-15-20(4,17-11-8-7-9-12-17)19-14-10-13-18(19)16(2)3;;;;/h7-9,11-12,14,16H,5-6,10,15H2,1-4H3;3*1H;/q;;;;+3/p-3. The molecule has 0 saturated heterocycles. The first-order chi connectivity index (χ1) is 10.0. The Morgan fingerprint density at radius 3 is 2.17 bits per heavy atom. The Balaban J connectivity index is 0. The van der Waals surface area contributed by atoms with Gasteiger partial charge in [0.25, 0.3) is 0 Å². The quantitative estimate of drug-likeness (QED) is 0.400. The summed E-state index contributed by atoms with van der Waals surface area (Å²) in [5, 5.41) is 3.34. The monoisotopic (exact) mass is 436 g/mol. The van der Waals surface area contributed by atoms with Crippen molar-refractivity contribution < 1.29 is 57.7 Å². The summed E-state index contributed by atoms with van der Waals surface area (Å²) in [5.74, 6) is 0.649. The fourth-order valence-corrected chi connectivity index (χ4v) is 9.00. The van der Waals surface area contributed by atoms with Gasteiger partial charge in [-0.1, -0.05) is 0 Å². The molecule has 1 aromatic carbocycles. The van der Waals surface area contributed by atoms with Crippen LogP contribution in [-0.2, 0) is 20.4 Å². The SMILES string of the molecule is CCCC[Si](C)(C1=CC[C]([Ti+3])=C1C(C)C)c1ccccc1.[Cl-].[Cl-].[Cl-]. The van der Waals surface area contributed by atoms with Crippen LogP contribution in [0.5, 0.6) is 0 Å². The third-order valence-electron chi connectivity index (χ3n) is 4.74. The maximum Gasteiger partial charge on any atom is -1.00 e.